The van der Waals surface area contributed by atoms with E-state index in [-0.39, 0.29) is 11.6 Å². The first-order chi connectivity index (χ1) is 9.54. The molecule has 20 heavy (non-hydrogen) atoms. The first-order valence-electron chi connectivity index (χ1n) is 6.08. The van der Waals surface area contributed by atoms with Gasteiger partial charge in [0.2, 0.25) is 0 Å². The molecule has 4 heteroatoms. The van der Waals surface area contributed by atoms with E-state index in [2.05, 4.69) is 0 Å². The maximum absolute atomic E-state index is 13.2. The number of rotatable bonds is 1. The molecular formula is C16H11FO3. The van der Waals surface area contributed by atoms with Crippen LogP contribution in [0.2, 0.25) is 0 Å². The molecule has 1 N–H and O–H groups in total. The Morgan fingerprint density at radius 2 is 1.85 bits per heavy atom. The van der Waals surface area contributed by atoms with E-state index >= 15 is 0 Å². The van der Waals surface area contributed by atoms with E-state index in [0.29, 0.717) is 16.5 Å². The minimum atomic E-state index is -0.512. The average Bonchev–Trinajstić information content (AvgIpc) is 2.37. The highest BCUT2D eigenvalue weighted by molar-refractivity contribution is 5.94. The number of aromatic hydroxyl groups is 1. The molecule has 0 amide bonds. The Morgan fingerprint density at radius 1 is 1.05 bits per heavy atom. The molecule has 0 saturated carbocycles. The molecule has 0 unspecified atom stereocenters. The Morgan fingerprint density at radius 3 is 2.60 bits per heavy atom. The van der Waals surface area contributed by atoms with Crippen molar-refractivity contribution in [3.8, 4) is 16.9 Å². The highest BCUT2D eigenvalue weighted by Gasteiger charge is 2.11. The van der Waals surface area contributed by atoms with Crippen LogP contribution in [0.3, 0.4) is 0 Å². The zero-order valence-electron chi connectivity index (χ0n) is 10.7. The first-order valence-corrected chi connectivity index (χ1v) is 6.08. The molecule has 3 rings (SSSR count). The van der Waals surface area contributed by atoms with Crippen molar-refractivity contribution in [2.45, 2.75) is 6.92 Å². The maximum atomic E-state index is 13.2. The van der Waals surface area contributed by atoms with Gasteiger partial charge in [-0.3, -0.25) is 0 Å². The Labute approximate surface area is 113 Å². The molecule has 0 radical (unpaired) electrons. The number of aryl methyl sites for hydroxylation is 1. The van der Waals surface area contributed by atoms with E-state index in [9.17, 15) is 14.3 Å². The van der Waals surface area contributed by atoms with Gasteiger partial charge in [-0.1, -0.05) is 6.07 Å². The van der Waals surface area contributed by atoms with Crippen molar-refractivity contribution < 1.29 is 13.9 Å². The second kappa shape index (κ2) is 4.49. The summed E-state index contributed by atoms with van der Waals surface area (Å²) in [5.74, 6) is -0.301. The van der Waals surface area contributed by atoms with E-state index in [1.807, 2.05) is 0 Å². The summed E-state index contributed by atoms with van der Waals surface area (Å²) < 4.78 is 18.3. The number of hydrogen-bond donors (Lipinski definition) is 1. The van der Waals surface area contributed by atoms with Crippen LogP contribution >= 0.6 is 0 Å². The predicted molar refractivity (Wildman–Crippen MR) is 74.3 cm³/mol. The van der Waals surface area contributed by atoms with Gasteiger partial charge in [-0.2, -0.15) is 0 Å². The van der Waals surface area contributed by atoms with Crippen molar-refractivity contribution in [1.29, 1.82) is 0 Å². The Balaban J connectivity index is 2.38. The lowest BCUT2D eigenvalue weighted by atomic mass is 9.98. The third-order valence-electron chi connectivity index (χ3n) is 3.21. The van der Waals surface area contributed by atoms with Crippen LogP contribution in [0.4, 0.5) is 4.39 Å². The molecule has 0 atom stereocenters. The van der Waals surface area contributed by atoms with Crippen molar-refractivity contribution in [1.82, 2.24) is 0 Å². The second-order valence-electron chi connectivity index (χ2n) is 4.62. The fourth-order valence-electron chi connectivity index (χ4n) is 2.30. The molecular weight excluding hydrogens is 259 g/mol. The Hall–Kier alpha value is -2.62. The third kappa shape index (κ3) is 2.05. The summed E-state index contributed by atoms with van der Waals surface area (Å²) in [6.45, 7) is 1.78. The van der Waals surface area contributed by atoms with Gasteiger partial charge in [0, 0.05) is 23.1 Å². The van der Waals surface area contributed by atoms with Crippen LogP contribution in [0.25, 0.3) is 22.1 Å². The van der Waals surface area contributed by atoms with E-state index in [4.69, 9.17) is 4.42 Å². The molecule has 0 saturated heterocycles. The van der Waals surface area contributed by atoms with Crippen LogP contribution in [0.1, 0.15) is 5.56 Å². The monoisotopic (exact) mass is 270 g/mol. The minimum Gasteiger partial charge on any atom is -0.508 e. The van der Waals surface area contributed by atoms with Gasteiger partial charge in [-0.05, 0) is 42.3 Å². The summed E-state index contributed by atoms with van der Waals surface area (Å²) in [6.07, 6.45) is 0. The Kier molecular flexibility index (Phi) is 2.79. The van der Waals surface area contributed by atoms with Gasteiger partial charge >= 0.3 is 5.63 Å². The summed E-state index contributed by atoms with van der Waals surface area (Å²) in [7, 11) is 0. The quantitative estimate of drug-likeness (QED) is 0.687. The van der Waals surface area contributed by atoms with Crippen molar-refractivity contribution >= 4 is 11.0 Å². The van der Waals surface area contributed by atoms with Gasteiger partial charge < -0.3 is 9.52 Å². The summed E-state index contributed by atoms with van der Waals surface area (Å²) in [6, 6.07) is 10.3. The fraction of sp³-hybridized carbons (Fsp3) is 0.0625. The van der Waals surface area contributed by atoms with Gasteiger partial charge in [0.25, 0.3) is 0 Å². The van der Waals surface area contributed by atoms with Crippen molar-refractivity contribution in [3.63, 3.8) is 0 Å². The lowest BCUT2D eigenvalue weighted by Crippen LogP contribution is -1.99. The summed E-state index contributed by atoms with van der Waals surface area (Å²) in [5, 5.41) is 10.2. The normalized spacial score (nSPS) is 10.9. The molecule has 0 spiro atoms. The molecule has 1 aromatic heterocycles. The van der Waals surface area contributed by atoms with Gasteiger partial charge in [-0.15, -0.1) is 0 Å². The van der Waals surface area contributed by atoms with Gasteiger partial charge in [0.05, 0.1) is 0 Å². The van der Waals surface area contributed by atoms with Gasteiger partial charge in [0.1, 0.15) is 17.1 Å². The maximum Gasteiger partial charge on any atom is 0.336 e. The number of halogens is 1. The molecule has 1 heterocycles. The smallest absolute Gasteiger partial charge is 0.336 e. The molecule has 0 fully saturated rings. The zero-order valence-corrected chi connectivity index (χ0v) is 10.7. The first kappa shape index (κ1) is 12.4. The predicted octanol–water partition coefficient (Wildman–Crippen LogP) is 3.61. The van der Waals surface area contributed by atoms with E-state index in [1.54, 1.807) is 19.1 Å². The molecule has 0 aliphatic rings. The van der Waals surface area contributed by atoms with Crippen LogP contribution < -0.4 is 5.63 Å². The Bertz CT molecular complexity index is 865. The van der Waals surface area contributed by atoms with Crippen molar-refractivity contribution in [2.24, 2.45) is 0 Å². The molecule has 3 nitrogen and oxygen atoms in total. The SMILES string of the molecule is Cc1cc(F)ccc1-c1cc(=O)oc2cc(O)ccc12. The summed E-state index contributed by atoms with van der Waals surface area (Å²) in [4.78, 5) is 11.6. The molecule has 0 aliphatic heterocycles. The van der Waals surface area contributed by atoms with Crippen LogP contribution in [-0.4, -0.2) is 5.11 Å². The van der Waals surface area contributed by atoms with Crippen LogP contribution in [0, 0.1) is 12.7 Å². The fourth-order valence-corrected chi connectivity index (χ4v) is 2.30. The van der Waals surface area contributed by atoms with E-state index in [1.165, 1.54) is 30.3 Å². The lowest BCUT2D eigenvalue weighted by molar-refractivity contribution is 0.473. The van der Waals surface area contributed by atoms with E-state index < -0.39 is 5.63 Å². The standard InChI is InChI=1S/C16H11FO3/c1-9-6-10(17)2-4-12(9)14-8-16(19)20-15-7-11(18)3-5-13(14)15/h2-8,18H,1H3. The third-order valence-corrected chi connectivity index (χ3v) is 3.21. The zero-order chi connectivity index (χ0) is 14.3. The second-order valence-corrected chi connectivity index (χ2v) is 4.62. The minimum absolute atomic E-state index is 0.0219. The van der Waals surface area contributed by atoms with E-state index in [0.717, 1.165) is 11.1 Å². The molecule has 0 aliphatic carbocycles. The largest absolute Gasteiger partial charge is 0.508 e. The number of fused-ring (bicyclic) bond motifs is 1. The van der Waals surface area contributed by atoms with Gasteiger partial charge in [-0.25, -0.2) is 9.18 Å². The highest BCUT2D eigenvalue weighted by atomic mass is 19.1. The molecule has 0 bridgehead atoms. The number of benzene rings is 2. The van der Waals surface area contributed by atoms with Crippen molar-refractivity contribution in [3.05, 3.63) is 64.3 Å². The van der Waals surface area contributed by atoms with Crippen LogP contribution in [0.15, 0.2) is 51.7 Å². The summed E-state index contributed by atoms with van der Waals surface area (Å²) >= 11 is 0. The average molecular weight is 270 g/mol. The number of phenols is 1. The van der Waals surface area contributed by atoms with Crippen LogP contribution in [0.5, 0.6) is 5.75 Å². The molecule has 100 valence electrons. The topological polar surface area (TPSA) is 50.4 Å². The van der Waals surface area contributed by atoms with Crippen molar-refractivity contribution in [2.75, 3.05) is 0 Å². The summed E-state index contributed by atoms with van der Waals surface area (Å²) in [5.41, 5.74) is 1.94. The number of hydrogen-bond acceptors (Lipinski definition) is 3. The molecule has 3 aromatic rings. The highest BCUT2D eigenvalue weighted by Crippen LogP contribution is 2.31. The lowest BCUT2D eigenvalue weighted by Gasteiger charge is -2.09. The number of phenolic OH excluding ortho intramolecular Hbond substituents is 1. The molecule has 2 aromatic carbocycles. The van der Waals surface area contributed by atoms with Gasteiger partial charge in [0.15, 0.2) is 0 Å². The van der Waals surface area contributed by atoms with Crippen LogP contribution in [-0.2, 0) is 0 Å².